The predicted octanol–water partition coefficient (Wildman–Crippen LogP) is 2.97. The summed E-state index contributed by atoms with van der Waals surface area (Å²) in [6.45, 7) is 3.91. The first-order valence-corrected chi connectivity index (χ1v) is 10.4. The van der Waals surface area contributed by atoms with Gasteiger partial charge in [0.2, 0.25) is 5.91 Å². The van der Waals surface area contributed by atoms with Gasteiger partial charge in [-0.3, -0.25) is 14.8 Å². The zero-order chi connectivity index (χ0) is 20.3. The second-order valence-electron chi connectivity index (χ2n) is 6.24. The van der Waals surface area contributed by atoms with Crippen LogP contribution < -0.4 is 5.32 Å². The van der Waals surface area contributed by atoms with E-state index >= 15 is 0 Å². The summed E-state index contributed by atoms with van der Waals surface area (Å²) in [5, 5.41) is 14.7. The molecule has 28 heavy (non-hydrogen) atoms. The maximum atomic E-state index is 12.3. The van der Waals surface area contributed by atoms with Gasteiger partial charge >= 0.3 is 6.01 Å². The molecule has 2 aromatic heterocycles. The van der Waals surface area contributed by atoms with Gasteiger partial charge < -0.3 is 4.42 Å². The molecule has 0 aliphatic carbocycles. The van der Waals surface area contributed by atoms with Gasteiger partial charge in [-0.15, -0.1) is 5.10 Å². The average Bonchev–Trinajstić information content (AvgIpc) is 3.29. The normalized spacial score (nSPS) is 11.7. The van der Waals surface area contributed by atoms with Crippen molar-refractivity contribution in [1.29, 1.82) is 0 Å². The van der Waals surface area contributed by atoms with Crippen molar-refractivity contribution in [2.24, 2.45) is 0 Å². The van der Waals surface area contributed by atoms with Gasteiger partial charge in [0.15, 0.2) is 9.84 Å². The molecule has 11 heteroatoms. The van der Waals surface area contributed by atoms with E-state index in [2.05, 4.69) is 20.6 Å². The first kappa shape index (κ1) is 20.0. The highest BCUT2D eigenvalue weighted by Crippen LogP contribution is 2.22. The molecule has 3 aromatic rings. The van der Waals surface area contributed by atoms with E-state index in [4.69, 9.17) is 16.0 Å². The lowest BCUT2D eigenvalue weighted by Gasteiger charge is -2.07. The number of nitrogens with zero attached hydrogens (tertiary/aromatic N) is 4. The number of halogens is 1. The van der Waals surface area contributed by atoms with E-state index in [1.54, 1.807) is 16.9 Å². The maximum absolute atomic E-state index is 12.3. The minimum atomic E-state index is -3.61. The van der Waals surface area contributed by atoms with Crippen LogP contribution in [0.1, 0.15) is 26.3 Å². The molecule has 0 aliphatic rings. The average molecular weight is 424 g/mol. The topological polar surface area (TPSA) is 120 Å². The lowest BCUT2D eigenvalue weighted by atomic mass is 10.3. The molecule has 0 saturated carbocycles. The van der Waals surface area contributed by atoms with Gasteiger partial charge in [-0.05, 0) is 44.2 Å². The van der Waals surface area contributed by atoms with E-state index in [1.165, 1.54) is 24.3 Å². The third kappa shape index (κ3) is 4.57. The van der Waals surface area contributed by atoms with Crippen LogP contribution >= 0.6 is 11.6 Å². The Morgan fingerprint density at radius 1 is 1.21 bits per heavy atom. The number of carbonyl (C=O) groups is 1. The third-order valence-electron chi connectivity index (χ3n) is 3.82. The molecule has 3 rings (SSSR count). The van der Waals surface area contributed by atoms with Crippen molar-refractivity contribution in [2.45, 2.75) is 31.2 Å². The summed E-state index contributed by atoms with van der Waals surface area (Å²) in [6.07, 6.45) is 1.35. The smallest absolute Gasteiger partial charge is 0.322 e. The van der Waals surface area contributed by atoms with Gasteiger partial charge in [-0.2, -0.15) is 5.10 Å². The van der Waals surface area contributed by atoms with Crippen LogP contribution in [0.15, 0.2) is 45.8 Å². The number of rotatable bonds is 7. The van der Waals surface area contributed by atoms with E-state index in [0.29, 0.717) is 10.7 Å². The molecule has 0 aliphatic heterocycles. The molecule has 0 bridgehead atoms. The summed E-state index contributed by atoms with van der Waals surface area (Å²) >= 11 is 5.76. The van der Waals surface area contributed by atoms with Gasteiger partial charge in [-0.25, -0.2) is 8.42 Å². The van der Waals surface area contributed by atoms with Crippen LogP contribution in [0.2, 0.25) is 5.02 Å². The van der Waals surface area contributed by atoms with Gasteiger partial charge in [0.25, 0.3) is 5.89 Å². The highest BCUT2D eigenvalue weighted by Gasteiger charge is 2.19. The van der Waals surface area contributed by atoms with Crippen LogP contribution in [0.4, 0.5) is 6.01 Å². The zero-order valence-corrected chi connectivity index (χ0v) is 16.7. The fraction of sp³-hybridized carbons (Fsp3) is 0.294. The molecule has 0 radical (unpaired) electrons. The first-order chi connectivity index (χ1) is 13.3. The van der Waals surface area contributed by atoms with Crippen LogP contribution in [0.5, 0.6) is 0 Å². The minimum Gasteiger partial charge on any atom is -0.401 e. The molecule has 0 spiro atoms. The molecule has 1 N–H and O–H groups in total. The summed E-state index contributed by atoms with van der Waals surface area (Å²) in [7, 11) is -3.61. The van der Waals surface area contributed by atoms with Crippen molar-refractivity contribution in [1.82, 2.24) is 20.0 Å². The van der Waals surface area contributed by atoms with Crippen LogP contribution in [-0.2, 0) is 14.6 Å². The van der Waals surface area contributed by atoms with E-state index in [-0.39, 0.29) is 35.0 Å². The van der Waals surface area contributed by atoms with Gasteiger partial charge in [0.1, 0.15) is 5.69 Å². The SMILES string of the molecule is CC(C)n1nccc1-c1nnc(NC(=O)CCS(=O)(=O)c2ccc(Cl)cc2)o1. The number of hydrogen-bond donors (Lipinski definition) is 1. The van der Waals surface area contributed by atoms with Crippen LogP contribution in [-0.4, -0.2) is 40.1 Å². The Morgan fingerprint density at radius 3 is 2.61 bits per heavy atom. The Labute approximate surface area is 166 Å². The fourth-order valence-corrected chi connectivity index (χ4v) is 3.81. The Bertz CT molecular complexity index is 1070. The lowest BCUT2D eigenvalue weighted by molar-refractivity contribution is -0.115. The number of nitrogens with one attached hydrogen (secondary N) is 1. The summed E-state index contributed by atoms with van der Waals surface area (Å²) in [5.74, 6) is -0.706. The van der Waals surface area contributed by atoms with E-state index in [9.17, 15) is 13.2 Å². The summed E-state index contributed by atoms with van der Waals surface area (Å²) in [5.41, 5.74) is 0.619. The predicted molar refractivity (Wildman–Crippen MR) is 103 cm³/mol. The fourth-order valence-electron chi connectivity index (χ4n) is 2.44. The van der Waals surface area contributed by atoms with Crippen molar-refractivity contribution in [3.05, 3.63) is 41.6 Å². The highest BCUT2D eigenvalue weighted by atomic mass is 35.5. The van der Waals surface area contributed by atoms with Crippen LogP contribution in [0.3, 0.4) is 0 Å². The van der Waals surface area contributed by atoms with Gasteiger partial charge in [0, 0.05) is 23.7 Å². The highest BCUT2D eigenvalue weighted by molar-refractivity contribution is 7.91. The standard InChI is InChI=1S/C17H18ClN5O4S/c1-11(2)23-14(7-9-19-23)16-21-22-17(27-16)20-15(24)8-10-28(25,26)13-5-3-12(18)4-6-13/h3-7,9,11H,8,10H2,1-2H3,(H,20,22,24). The van der Waals surface area contributed by atoms with Crippen molar-refractivity contribution in [2.75, 3.05) is 11.1 Å². The third-order valence-corrected chi connectivity index (χ3v) is 5.80. The van der Waals surface area contributed by atoms with Crippen LogP contribution in [0.25, 0.3) is 11.6 Å². The molecule has 2 heterocycles. The van der Waals surface area contributed by atoms with E-state index in [1.807, 2.05) is 13.8 Å². The molecule has 148 valence electrons. The molecule has 0 unspecified atom stereocenters. The Balaban J connectivity index is 1.62. The van der Waals surface area contributed by atoms with Gasteiger partial charge in [0.05, 0.1) is 10.6 Å². The number of sulfone groups is 1. The lowest BCUT2D eigenvalue weighted by Crippen LogP contribution is -2.17. The van der Waals surface area contributed by atoms with Crippen molar-refractivity contribution >= 4 is 33.4 Å². The number of anilines is 1. The number of aromatic nitrogens is 4. The van der Waals surface area contributed by atoms with E-state index in [0.717, 1.165) is 0 Å². The molecular weight excluding hydrogens is 406 g/mol. The number of hydrogen-bond acceptors (Lipinski definition) is 7. The molecule has 1 aromatic carbocycles. The Morgan fingerprint density at radius 2 is 1.93 bits per heavy atom. The number of benzene rings is 1. The van der Waals surface area contributed by atoms with Crippen molar-refractivity contribution in [3.63, 3.8) is 0 Å². The van der Waals surface area contributed by atoms with E-state index < -0.39 is 15.7 Å². The number of carbonyl (C=O) groups excluding carboxylic acids is 1. The minimum absolute atomic E-state index is 0.0908. The summed E-state index contributed by atoms with van der Waals surface area (Å²) in [4.78, 5) is 12.2. The summed E-state index contributed by atoms with van der Waals surface area (Å²) < 4.78 is 31.7. The second kappa shape index (κ2) is 8.11. The molecule has 1 amide bonds. The maximum Gasteiger partial charge on any atom is 0.322 e. The zero-order valence-electron chi connectivity index (χ0n) is 15.2. The Kier molecular flexibility index (Phi) is 5.80. The molecule has 9 nitrogen and oxygen atoms in total. The molecule has 0 atom stereocenters. The monoisotopic (exact) mass is 423 g/mol. The Hall–Kier alpha value is -2.72. The van der Waals surface area contributed by atoms with Crippen LogP contribution in [0, 0.1) is 0 Å². The quantitative estimate of drug-likeness (QED) is 0.620. The molecule has 0 saturated heterocycles. The largest absolute Gasteiger partial charge is 0.401 e. The van der Waals surface area contributed by atoms with Crippen molar-refractivity contribution in [3.8, 4) is 11.6 Å². The van der Waals surface area contributed by atoms with Gasteiger partial charge in [-0.1, -0.05) is 16.7 Å². The van der Waals surface area contributed by atoms with Crippen molar-refractivity contribution < 1.29 is 17.6 Å². The first-order valence-electron chi connectivity index (χ1n) is 8.42. The number of amides is 1. The molecule has 0 fully saturated rings. The molecular formula is C17H18ClN5O4S. The summed E-state index contributed by atoms with van der Waals surface area (Å²) in [6, 6.07) is 7.47. The second-order valence-corrected chi connectivity index (χ2v) is 8.78.